The fourth-order valence-electron chi connectivity index (χ4n) is 2.00. The standard InChI is InChI=1S/C13H12BrN5/c14-9-1-2-10(17-6-9)5-12(15)11-7-18-19-4-3-16-8-13(11)19/h1-4,6-8,12H,5,15H2. The second kappa shape index (κ2) is 5.07. The van der Waals surface area contributed by atoms with Gasteiger partial charge in [0.2, 0.25) is 0 Å². The number of rotatable bonds is 3. The SMILES string of the molecule is NC(Cc1ccc(Br)cn1)c1cnn2ccncc12. The van der Waals surface area contributed by atoms with E-state index < -0.39 is 0 Å². The maximum absolute atomic E-state index is 6.24. The number of nitrogens with two attached hydrogens (primary N) is 1. The number of pyridine rings is 1. The molecule has 0 saturated heterocycles. The Labute approximate surface area is 118 Å². The summed E-state index contributed by atoms with van der Waals surface area (Å²) < 4.78 is 2.74. The number of halogens is 1. The maximum Gasteiger partial charge on any atom is 0.0892 e. The third-order valence-corrected chi connectivity index (χ3v) is 3.44. The minimum atomic E-state index is -0.143. The Hall–Kier alpha value is -1.79. The molecule has 0 spiro atoms. The molecule has 0 aliphatic rings. The lowest BCUT2D eigenvalue weighted by molar-refractivity contribution is 0.711. The molecule has 5 nitrogen and oxygen atoms in total. The maximum atomic E-state index is 6.24. The van der Waals surface area contributed by atoms with Crippen LogP contribution in [0, 0.1) is 0 Å². The molecule has 0 saturated carbocycles. The van der Waals surface area contributed by atoms with E-state index in [0.29, 0.717) is 6.42 Å². The lowest BCUT2D eigenvalue weighted by atomic mass is 10.0. The minimum absolute atomic E-state index is 0.143. The molecule has 0 aliphatic heterocycles. The minimum Gasteiger partial charge on any atom is -0.324 e. The van der Waals surface area contributed by atoms with Crippen molar-refractivity contribution in [1.82, 2.24) is 19.6 Å². The predicted octanol–water partition coefficient (Wildman–Crippen LogP) is 2.13. The van der Waals surface area contributed by atoms with Crippen LogP contribution in [0.3, 0.4) is 0 Å². The van der Waals surface area contributed by atoms with Crippen molar-refractivity contribution in [3.8, 4) is 0 Å². The van der Waals surface area contributed by atoms with Crippen LogP contribution in [0.5, 0.6) is 0 Å². The van der Waals surface area contributed by atoms with Crippen LogP contribution < -0.4 is 5.73 Å². The molecule has 0 aliphatic carbocycles. The van der Waals surface area contributed by atoms with Crippen LogP contribution >= 0.6 is 15.9 Å². The molecular weight excluding hydrogens is 306 g/mol. The van der Waals surface area contributed by atoms with Gasteiger partial charge in [-0.1, -0.05) is 0 Å². The Morgan fingerprint density at radius 3 is 2.95 bits per heavy atom. The summed E-state index contributed by atoms with van der Waals surface area (Å²) in [6.45, 7) is 0. The van der Waals surface area contributed by atoms with Crippen molar-refractivity contribution in [2.24, 2.45) is 5.73 Å². The van der Waals surface area contributed by atoms with Gasteiger partial charge in [-0.3, -0.25) is 9.97 Å². The van der Waals surface area contributed by atoms with E-state index in [-0.39, 0.29) is 6.04 Å². The topological polar surface area (TPSA) is 69.1 Å². The van der Waals surface area contributed by atoms with Crippen LogP contribution in [0.2, 0.25) is 0 Å². The van der Waals surface area contributed by atoms with Crippen LogP contribution in [0.15, 0.2) is 47.6 Å². The first-order valence-electron chi connectivity index (χ1n) is 5.87. The van der Waals surface area contributed by atoms with Gasteiger partial charge in [0.25, 0.3) is 0 Å². The highest BCUT2D eigenvalue weighted by Gasteiger charge is 2.13. The van der Waals surface area contributed by atoms with E-state index in [2.05, 4.69) is 31.0 Å². The number of nitrogens with zero attached hydrogens (tertiary/aromatic N) is 4. The molecule has 3 heterocycles. The number of aromatic nitrogens is 4. The molecule has 1 unspecified atom stereocenters. The second-order valence-electron chi connectivity index (χ2n) is 4.28. The first-order valence-corrected chi connectivity index (χ1v) is 6.66. The molecule has 19 heavy (non-hydrogen) atoms. The summed E-state index contributed by atoms with van der Waals surface area (Å²) >= 11 is 3.37. The van der Waals surface area contributed by atoms with Crippen molar-refractivity contribution < 1.29 is 0 Å². The average molecular weight is 318 g/mol. The van der Waals surface area contributed by atoms with Crippen molar-refractivity contribution in [3.63, 3.8) is 0 Å². The van der Waals surface area contributed by atoms with Crippen molar-refractivity contribution in [2.75, 3.05) is 0 Å². The first-order chi connectivity index (χ1) is 9.24. The van der Waals surface area contributed by atoms with E-state index in [4.69, 9.17) is 5.73 Å². The summed E-state index contributed by atoms with van der Waals surface area (Å²) in [6, 6.07) is 3.79. The molecule has 0 radical (unpaired) electrons. The summed E-state index contributed by atoms with van der Waals surface area (Å²) in [6.07, 6.45) is 9.52. The van der Waals surface area contributed by atoms with Gasteiger partial charge in [0, 0.05) is 46.8 Å². The summed E-state index contributed by atoms with van der Waals surface area (Å²) in [7, 11) is 0. The van der Waals surface area contributed by atoms with E-state index >= 15 is 0 Å². The molecule has 0 fully saturated rings. The van der Waals surface area contributed by atoms with Crippen LogP contribution in [0.25, 0.3) is 5.52 Å². The molecule has 1 atom stereocenters. The zero-order valence-corrected chi connectivity index (χ0v) is 11.7. The summed E-state index contributed by atoms with van der Waals surface area (Å²) in [5, 5.41) is 4.26. The Morgan fingerprint density at radius 2 is 2.16 bits per heavy atom. The van der Waals surface area contributed by atoms with E-state index in [9.17, 15) is 0 Å². The fourth-order valence-corrected chi connectivity index (χ4v) is 2.24. The third-order valence-electron chi connectivity index (χ3n) is 2.97. The van der Waals surface area contributed by atoms with Crippen molar-refractivity contribution >= 4 is 21.4 Å². The van der Waals surface area contributed by atoms with Gasteiger partial charge in [0.1, 0.15) is 0 Å². The lowest BCUT2D eigenvalue weighted by Gasteiger charge is -2.09. The number of hydrogen-bond donors (Lipinski definition) is 1. The zero-order chi connectivity index (χ0) is 13.2. The van der Waals surface area contributed by atoms with Gasteiger partial charge in [-0.25, -0.2) is 4.52 Å². The molecule has 3 aromatic heterocycles. The highest BCUT2D eigenvalue weighted by Crippen LogP contribution is 2.20. The quantitative estimate of drug-likeness (QED) is 0.803. The largest absolute Gasteiger partial charge is 0.324 e. The highest BCUT2D eigenvalue weighted by molar-refractivity contribution is 9.10. The molecule has 0 amide bonds. The van der Waals surface area contributed by atoms with Gasteiger partial charge < -0.3 is 5.73 Å². The molecule has 3 rings (SSSR count). The van der Waals surface area contributed by atoms with Crippen molar-refractivity contribution in [1.29, 1.82) is 0 Å². The second-order valence-corrected chi connectivity index (χ2v) is 5.20. The van der Waals surface area contributed by atoms with Gasteiger partial charge in [0.15, 0.2) is 0 Å². The summed E-state index contributed by atoms with van der Waals surface area (Å²) in [4.78, 5) is 8.45. The van der Waals surface area contributed by atoms with Gasteiger partial charge in [-0.2, -0.15) is 5.10 Å². The van der Waals surface area contributed by atoms with Crippen LogP contribution in [0.4, 0.5) is 0 Å². The Morgan fingerprint density at radius 1 is 1.26 bits per heavy atom. The Balaban J connectivity index is 1.87. The predicted molar refractivity (Wildman–Crippen MR) is 75.6 cm³/mol. The molecule has 0 aromatic carbocycles. The van der Waals surface area contributed by atoms with Crippen molar-refractivity contribution in [3.05, 3.63) is 58.8 Å². The Bertz CT molecular complexity index is 692. The van der Waals surface area contributed by atoms with E-state index in [1.807, 2.05) is 18.3 Å². The Kier molecular flexibility index (Phi) is 3.27. The normalized spacial score (nSPS) is 12.7. The summed E-state index contributed by atoms with van der Waals surface area (Å²) in [5.74, 6) is 0. The molecule has 96 valence electrons. The summed E-state index contributed by atoms with van der Waals surface area (Å²) in [5.41, 5.74) is 9.12. The first kappa shape index (κ1) is 12.3. The highest BCUT2D eigenvalue weighted by atomic mass is 79.9. The van der Waals surface area contributed by atoms with Crippen LogP contribution in [-0.2, 0) is 6.42 Å². The number of fused-ring (bicyclic) bond motifs is 1. The lowest BCUT2D eigenvalue weighted by Crippen LogP contribution is -2.13. The van der Waals surface area contributed by atoms with E-state index in [1.165, 1.54) is 0 Å². The van der Waals surface area contributed by atoms with Gasteiger partial charge in [-0.05, 0) is 28.1 Å². The van der Waals surface area contributed by atoms with Gasteiger partial charge >= 0.3 is 0 Å². The molecule has 2 N–H and O–H groups in total. The smallest absolute Gasteiger partial charge is 0.0892 e. The van der Waals surface area contributed by atoms with Crippen molar-refractivity contribution in [2.45, 2.75) is 12.5 Å². The molecule has 6 heteroatoms. The van der Waals surface area contributed by atoms with E-state index in [0.717, 1.165) is 21.2 Å². The fraction of sp³-hybridized carbons (Fsp3) is 0.154. The average Bonchev–Trinajstić information content (AvgIpc) is 2.85. The van der Waals surface area contributed by atoms with Crippen LogP contribution in [-0.4, -0.2) is 19.6 Å². The molecule has 3 aromatic rings. The third kappa shape index (κ3) is 2.50. The molecule has 0 bridgehead atoms. The monoisotopic (exact) mass is 317 g/mol. The van der Waals surface area contributed by atoms with Crippen LogP contribution in [0.1, 0.15) is 17.3 Å². The zero-order valence-electron chi connectivity index (χ0n) is 10.1. The van der Waals surface area contributed by atoms with E-state index in [1.54, 1.807) is 29.3 Å². The van der Waals surface area contributed by atoms with Gasteiger partial charge in [-0.15, -0.1) is 0 Å². The van der Waals surface area contributed by atoms with Gasteiger partial charge in [0.05, 0.1) is 17.9 Å². The number of hydrogen-bond acceptors (Lipinski definition) is 4. The molecular formula is C13H12BrN5.